The number of hydrogen-bond donors (Lipinski definition) is 1. The van der Waals surface area contributed by atoms with E-state index in [1.807, 2.05) is 13.2 Å². The minimum atomic E-state index is 0.276. The molecule has 0 aliphatic heterocycles. The van der Waals surface area contributed by atoms with Gasteiger partial charge in [0.2, 0.25) is 0 Å². The Balaban J connectivity index is 2.19. The van der Waals surface area contributed by atoms with Crippen LogP contribution in [0.2, 0.25) is 0 Å². The minimum absolute atomic E-state index is 0.276. The number of benzene rings is 1. The lowest BCUT2D eigenvalue weighted by Crippen LogP contribution is -2.24. The van der Waals surface area contributed by atoms with Crippen molar-refractivity contribution in [3.05, 3.63) is 45.7 Å². The van der Waals surface area contributed by atoms with E-state index in [1.54, 1.807) is 4.68 Å². The molecule has 2 rings (SSSR count). The number of aromatic nitrogens is 3. The Labute approximate surface area is 128 Å². The molecule has 1 unspecified atom stereocenters. The Hall–Kier alpha value is -1.20. The van der Waals surface area contributed by atoms with Gasteiger partial charge in [-0.15, -0.1) is 5.10 Å². The highest BCUT2D eigenvalue weighted by Crippen LogP contribution is 2.23. The summed E-state index contributed by atoms with van der Waals surface area (Å²) < 4.78 is 2.90. The lowest BCUT2D eigenvalue weighted by atomic mass is 10.0. The van der Waals surface area contributed by atoms with E-state index in [0.717, 1.165) is 29.6 Å². The first-order valence-electron chi connectivity index (χ1n) is 6.94. The second kappa shape index (κ2) is 6.99. The Morgan fingerprint density at radius 3 is 2.80 bits per heavy atom. The summed E-state index contributed by atoms with van der Waals surface area (Å²) in [5.74, 6) is 0. The van der Waals surface area contributed by atoms with E-state index < -0.39 is 0 Å². The lowest BCUT2D eigenvalue weighted by molar-refractivity contribution is 0.523. The van der Waals surface area contributed by atoms with Gasteiger partial charge in [-0.3, -0.25) is 4.68 Å². The second-order valence-electron chi connectivity index (χ2n) is 5.10. The van der Waals surface area contributed by atoms with Crippen LogP contribution in [0.5, 0.6) is 0 Å². The zero-order chi connectivity index (χ0) is 14.5. The van der Waals surface area contributed by atoms with Crippen LogP contribution in [0.15, 0.2) is 28.9 Å². The van der Waals surface area contributed by atoms with E-state index in [9.17, 15) is 0 Å². The van der Waals surface area contributed by atoms with Crippen molar-refractivity contribution in [3.8, 4) is 0 Å². The molecule has 0 radical (unpaired) electrons. The molecule has 1 heterocycles. The fourth-order valence-electron chi connectivity index (χ4n) is 2.21. The van der Waals surface area contributed by atoms with Gasteiger partial charge in [0, 0.05) is 30.2 Å². The van der Waals surface area contributed by atoms with Crippen LogP contribution in [0.25, 0.3) is 0 Å². The molecule has 108 valence electrons. The molecule has 0 saturated carbocycles. The molecule has 20 heavy (non-hydrogen) atoms. The van der Waals surface area contributed by atoms with Crippen molar-refractivity contribution in [1.82, 2.24) is 20.3 Å². The largest absolute Gasteiger partial charge is 0.310 e. The van der Waals surface area contributed by atoms with Gasteiger partial charge in [-0.2, -0.15) is 0 Å². The molecule has 0 spiro atoms. The fraction of sp³-hybridized carbons (Fsp3) is 0.467. The highest BCUT2D eigenvalue weighted by atomic mass is 79.9. The van der Waals surface area contributed by atoms with Crippen LogP contribution >= 0.6 is 15.9 Å². The normalized spacial score (nSPS) is 12.6. The van der Waals surface area contributed by atoms with Gasteiger partial charge < -0.3 is 5.32 Å². The van der Waals surface area contributed by atoms with E-state index >= 15 is 0 Å². The summed E-state index contributed by atoms with van der Waals surface area (Å²) in [4.78, 5) is 0. The van der Waals surface area contributed by atoms with Gasteiger partial charge >= 0.3 is 0 Å². The predicted octanol–water partition coefficient (Wildman–Crippen LogP) is 3.17. The first-order valence-corrected chi connectivity index (χ1v) is 7.74. The highest BCUT2D eigenvalue weighted by Gasteiger charge is 2.14. The fourth-order valence-corrected chi connectivity index (χ4v) is 2.46. The lowest BCUT2D eigenvalue weighted by Gasteiger charge is -2.18. The Morgan fingerprint density at radius 2 is 2.20 bits per heavy atom. The molecule has 1 aromatic carbocycles. The molecule has 0 aliphatic rings. The van der Waals surface area contributed by atoms with Gasteiger partial charge in [-0.25, -0.2) is 0 Å². The van der Waals surface area contributed by atoms with Gasteiger partial charge in [0.1, 0.15) is 0 Å². The van der Waals surface area contributed by atoms with Crippen LogP contribution in [0.3, 0.4) is 0 Å². The predicted molar refractivity (Wildman–Crippen MR) is 84.6 cm³/mol. The molecule has 2 aromatic rings. The zero-order valence-electron chi connectivity index (χ0n) is 12.2. The van der Waals surface area contributed by atoms with Gasteiger partial charge in [-0.1, -0.05) is 40.2 Å². The van der Waals surface area contributed by atoms with Gasteiger partial charge in [0.25, 0.3) is 0 Å². The summed E-state index contributed by atoms with van der Waals surface area (Å²) in [6, 6.07) is 6.79. The third kappa shape index (κ3) is 3.90. The van der Waals surface area contributed by atoms with Crippen molar-refractivity contribution in [3.63, 3.8) is 0 Å². The van der Waals surface area contributed by atoms with Crippen LogP contribution in [0.1, 0.15) is 36.2 Å². The first kappa shape index (κ1) is 15.2. The molecule has 1 aromatic heterocycles. The van der Waals surface area contributed by atoms with E-state index in [2.05, 4.69) is 63.6 Å². The highest BCUT2D eigenvalue weighted by molar-refractivity contribution is 9.10. The van der Waals surface area contributed by atoms with Crippen molar-refractivity contribution in [2.75, 3.05) is 6.54 Å². The van der Waals surface area contributed by atoms with Crippen LogP contribution in [-0.4, -0.2) is 21.5 Å². The summed E-state index contributed by atoms with van der Waals surface area (Å²) >= 11 is 3.56. The maximum absolute atomic E-state index is 4.19. The molecule has 4 nitrogen and oxygen atoms in total. The van der Waals surface area contributed by atoms with Crippen molar-refractivity contribution < 1.29 is 0 Å². The van der Waals surface area contributed by atoms with Crippen molar-refractivity contribution in [1.29, 1.82) is 0 Å². The summed E-state index contributed by atoms with van der Waals surface area (Å²) in [5, 5.41) is 11.8. The van der Waals surface area contributed by atoms with E-state index in [4.69, 9.17) is 0 Å². The molecular weight excluding hydrogens is 316 g/mol. The maximum atomic E-state index is 4.19. The van der Waals surface area contributed by atoms with Crippen molar-refractivity contribution in [2.45, 2.75) is 32.7 Å². The molecule has 1 atom stereocenters. The van der Waals surface area contributed by atoms with E-state index in [1.165, 1.54) is 11.1 Å². The standard InChI is InChI=1S/C15H21BrN4/c1-4-7-17-15(9-13-10-20(3)19-18-13)12-5-6-14(16)11(2)8-12/h5-6,8,10,15,17H,4,7,9H2,1-3H3. The number of hydrogen-bond acceptors (Lipinski definition) is 3. The third-order valence-corrected chi connectivity index (χ3v) is 4.18. The molecule has 0 aliphatic carbocycles. The monoisotopic (exact) mass is 336 g/mol. The number of aryl methyl sites for hydroxylation is 2. The molecule has 1 N–H and O–H groups in total. The Bertz CT molecular complexity index is 565. The Morgan fingerprint density at radius 1 is 1.40 bits per heavy atom. The van der Waals surface area contributed by atoms with Crippen molar-refractivity contribution >= 4 is 15.9 Å². The molecule has 5 heteroatoms. The molecule has 0 amide bonds. The average Bonchev–Trinajstić information content (AvgIpc) is 2.83. The van der Waals surface area contributed by atoms with Crippen molar-refractivity contribution in [2.24, 2.45) is 7.05 Å². The summed E-state index contributed by atoms with van der Waals surface area (Å²) in [7, 11) is 1.90. The second-order valence-corrected chi connectivity index (χ2v) is 5.96. The van der Waals surface area contributed by atoms with Crippen LogP contribution in [0.4, 0.5) is 0 Å². The minimum Gasteiger partial charge on any atom is -0.310 e. The average molecular weight is 337 g/mol. The first-order chi connectivity index (χ1) is 9.60. The van der Waals surface area contributed by atoms with Crippen LogP contribution in [0, 0.1) is 6.92 Å². The Kier molecular flexibility index (Phi) is 5.31. The van der Waals surface area contributed by atoms with Crippen LogP contribution in [-0.2, 0) is 13.5 Å². The van der Waals surface area contributed by atoms with E-state index in [-0.39, 0.29) is 6.04 Å². The third-order valence-electron chi connectivity index (χ3n) is 3.29. The molecule has 0 saturated heterocycles. The number of nitrogens with zero attached hydrogens (tertiary/aromatic N) is 3. The van der Waals surface area contributed by atoms with Gasteiger partial charge in [0.05, 0.1) is 5.69 Å². The van der Waals surface area contributed by atoms with Gasteiger partial charge in [0.15, 0.2) is 0 Å². The maximum Gasteiger partial charge on any atom is 0.0845 e. The number of rotatable bonds is 6. The molecule has 0 bridgehead atoms. The molecular formula is C15H21BrN4. The smallest absolute Gasteiger partial charge is 0.0845 e. The topological polar surface area (TPSA) is 42.7 Å². The molecule has 0 fully saturated rings. The van der Waals surface area contributed by atoms with E-state index in [0.29, 0.717) is 0 Å². The van der Waals surface area contributed by atoms with Crippen LogP contribution < -0.4 is 5.32 Å². The summed E-state index contributed by atoms with van der Waals surface area (Å²) in [5.41, 5.74) is 3.57. The SMILES string of the molecule is CCCNC(Cc1cn(C)nn1)c1ccc(Br)c(C)c1. The quantitative estimate of drug-likeness (QED) is 0.880. The number of halogens is 1. The summed E-state index contributed by atoms with van der Waals surface area (Å²) in [6.45, 7) is 5.30. The summed E-state index contributed by atoms with van der Waals surface area (Å²) in [6.07, 6.45) is 3.95. The zero-order valence-corrected chi connectivity index (χ0v) is 13.8. The van der Waals surface area contributed by atoms with Gasteiger partial charge in [-0.05, 0) is 37.1 Å². The number of nitrogens with one attached hydrogen (secondary N) is 1.